The van der Waals surface area contributed by atoms with Crippen molar-refractivity contribution in [1.29, 1.82) is 0 Å². The molecule has 1 aromatic carbocycles. The maximum atomic E-state index is 10.9. The van der Waals surface area contributed by atoms with Gasteiger partial charge in [0.15, 0.2) is 0 Å². The number of nitro benzene ring substituents is 1. The quantitative estimate of drug-likeness (QED) is 0.659. The van der Waals surface area contributed by atoms with Crippen molar-refractivity contribution in [2.45, 2.75) is 25.9 Å². The molecular weight excluding hydrogens is 244 g/mol. The van der Waals surface area contributed by atoms with Gasteiger partial charge in [-0.25, -0.2) is 0 Å². The van der Waals surface area contributed by atoms with Crippen molar-refractivity contribution >= 4 is 5.69 Å². The summed E-state index contributed by atoms with van der Waals surface area (Å²) in [6, 6.07) is 6.63. The molecule has 0 saturated carbocycles. The van der Waals surface area contributed by atoms with Crippen molar-refractivity contribution in [2.75, 3.05) is 0 Å². The third kappa shape index (κ3) is 2.97. The van der Waals surface area contributed by atoms with Gasteiger partial charge in [-0.15, -0.1) is 0 Å². The number of aromatic nitrogens is 2. The smallest absolute Gasteiger partial charge is 0.274 e. The molecule has 1 heterocycles. The minimum absolute atomic E-state index is 0.0421. The van der Waals surface area contributed by atoms with Gasteiger partial charge in [-0.3, -0.25) is 14.8 Å². The SMILES string of the molecule is CCC(N)c1cnn(Cc2ccccc2[N+](=O)[O-])c1. The number of hydrogen-bond acceptors (Lipinski definition) is 4. The fraction of sp³-hybridized carbons (Fsp3) is 0.308. The average Bonchev–Trinajstić information content (AvgIpc) is 2.86. The summed E-state index contributed by atoms with van der Waals surface area (Å²) in [6.45, 7) is 2.37. The molecule has 1 unspecified atom stereocenters. The predicted octanol–water partition coefficient (Wildman–Crippen LogP) is 2.25. The van der Waals surface area contributed by atoms with Crippen molar-refractivity contribution < 1.29 is 4.92 Å². The van der Waals surface area contributed by atoms with E-state index in [0.29, 0.717) is 12.1 Å². The number of nitrogens with two attached hydrogens (primary N) is 1. The van der Waals surface area contributed by atoms with Gasteiger partial charge in [-0.05, 0) is 6.42 Å². The Hall–Kier alpha value is -2.21. The van der Waals surface area contributed by atoms with Gasteiger partial charge < -0.3 is 5.73 Å². The molecule has 6 nitrogen and oxygen atoms in total. The van der Waals surface area contributed by atoms with Crippen molar-refractivity contribution in [1.82, 2.24) is 9.78 Å². The van der Waals surface area contributed by atoms with Gasteiger partial charge in [0.1, 0.15) is 0 Å². The minimum atomic E-state index is -0.377. The summed E-state index contributed by atoms with van der Waals surface area (Å²) < 4.78 is 1.67. The molecule has 2 rings (SSSR count). The highest BCUT2D eigenvalue weighted by Gasteiger charge is 2.13. The molecule has 0 spiro atoms. The van der Waals surface area contributed by atoms with Crippen LogP contribution >= 0.6 is 0 Å². The van der Waals surface area contributed by atoms with E-state index in [0.717, 1.165) is 12.0 Å². The third-order valence-electron chi connectivity index (χ3n) is 3.04. The lowest BCUT2D eigenvalue weighted by molar-refractivity contribution is -0.385. The molecule has 100 valence electrons. The van der Waals surface area contributed by atoms with E-state index in [9.17, 15) is 10.1 Å². The number of nitro groups is 1. The Morgan fingerprint density at radius 2 is 2.21 bits per heavy atom. The molecule has 2 aromatic rings. The molecule has 1 atom stereocenters. The van der Waals surface area contributed by atoms with Crippen LogP contribution in [0.25, 0.3) is 0 Å². The van der Waals surface area contributed by atoms with Crippen LogP contribution in [-0.4, -0.2) is 14.7 Å². The van der Waals surface area contributed by atoms with Crippen LogP contribution in [0, 0.1) is 10.1 Å². The second kappa shape index (κ2) is 5.62. The van der Waals surface area contributed by atoms with Gasteiger partial charge in [-0.1, -0.05) is 25.1 Å². The van der Waals surface area contributed by atoms with Crippen LogP contribution in [0.4, 0.5) is 5.69 Å². The normalized spacial score (nSPS) is 12.3. The molecule has 0 radical (unpaired) electrons. The van der Waals surface area contributed by atoms with E-state index in [1.54, 1.807) is 29.1 Å². The number of benzene rings is 1. The Morgan fingerprint density at radius 3 is 2.89 bits per heavy atom. The van der Waals surface area contributed by atoms with E-state index < -0.39 is 0 Å². The molecule has 0 aliphatic rings. The van der Waals surface area contributed by atoms with Crippen LogP contribution in [0.3, 0.4) is 0 Å². The second-order valence-corrected chi connectivity index (χ2v) is 4.37. The first kappa shape index (κ1) is 13.2. The molecule has 0 amide bonds. The van der Waals surface area contributed by atoms with Gasteiger partial charge >= 0.3 is 0 Å². The first-order chi connectivity index (χ1) is 9.11. The summed E-state index contributed by atoms with van der Waals surface area (Å²) in [7, 11) is 0. The maximum Gasteiger partial charge on any atom is 0.274 e. The fourth-order valence-electron chi connectivity index (χ4n) is 1.89. The maximum absolute atomic E-state index is 10.9. The van der Waals surface area contributed by atoms with E-state index in [-0.39, 0.29) is 16.7 Å². The molecule has 6 heteroatoms. The van der Waals surface area contributed by atoms with Crippen LogP contribution in [0.5, 0.6) is 0 Å². The van der Waals surface area contributed by atoms with Gasteiger partial charge in [0.05, 0.1) is 23.2 Å². The van der Waals surface area contributed by atoms with E-state index >= 15 is 0 Å². The molecule has 19 heavy (non-hydrogen) atoms. The number of rotatable bonds is 5. The topological polar surface area (TPSA) is 87.0 Å². The minimum Gasteiger partial charge on any atom is -0.324 e. The van der Waals surface area contributed by atoms with Crippen LogP contribution in [0.2, 0.25) is 0 Å². The Morgan fingerprint density at radius 1 is 1.47 bits per heavy atom. The average molecular weight is 260 g/mol. The predicted molar refractivity (Wildman–Crippen MR) is 71.6 cm³/mol. The molecule has 0 fully saturated rings. The Balaban J connectivity index is 2.22. The summed E-state index contributed by atoms with van der Waals surface area (Å²) in [5, 5.41) is 15.1. The summed E-state index contributed by atoms with van der Waals surface area (Å²) >= 11 is 0. The number of para-hydroxylation sites is 1. The zero-order chi connectivity index (χ0) is 13.8. The van der Waals surface area contributed by atoms with E-state index in [4.69, 9.17) is 5.73 Å². The van der Waals surface area contributed by atoms with Crippen LogP contribution in [0.15, 0.2) is 36.7 Å². The Kier molecular flexibility index (Phi) is 3.91. The van der Waals surface area contributed by atoms with Crippen molar-refractivity contribution in [3.8, 4) is 0 Å². The highest BCUT2D eigenvalue weighted by molar-refractivity contribution is 5.39. The largest absolute Gasteiger partial charge is 0.324 e. The van der Waals surface area contributed by atoms with Crippen LogP contribution in [-0.2, 0) is 6.54 Å². The summed E-state index contributed by atoms with van der Waals surface area (Å²) in [6.07, 6.45) is 4.38. The lowest BCUT2D eigenvalue weighted by Crippen LogP contribution is -2.07. The summed E-state index contributed by atoms with van der Waals surface area (Å²) in [4.78, 5) is 10.6. The molecule has 2 N–H and O–H groups in total. The molecular formula is C13H16N4O2. The Bertz CT molecular complexity index is 580. The molecule has 0 saturated heterocycles. The number of nitrogens with zero attached hydrogens (tertiary/aromatic N) is 3. The fourth-order valence-corrected chi connectivity index (χ4v) is 1.89. The van der Waals surface area contributed by atoms with Crippen molar-refractivity contribution in [3.63, 3.8) is 0 Å². The molecule has 0 aliphatic carbocycles. The van der Waals surface area contributed by atoms with E-state index in [2.05, 4.69) is 5.10 Å². The van der Waals surface area contributed by atoms with Gasteiger partial charge in [0.2, 0.25) is 0 Å². The van der Waals surface area contributed by atoms with Crippen LogP contribution in [0.1, 0.15) is 30.5 Å². The zero-order valence-corrected chi connectivity index (χ0v) is 10.7. The first-order valence-corrected chi connectivity index (χ1v) is 6.12. The van der Waals surface area contributed by atoms with Gasteiger partial charge in [0, 0.05) is 23.9 Å². The van der Waals surface area contributed by atoms with Crippen molar-refractivity contribution in [3.05, 3.63) is 57.9 Å². The van der Waals surface area contributed by atoms with Gasteiger partial charge in [-0.2, -0.15) is 5.10 Å². The molecule has 0 bridgehead atoms. The lowest BCUT2D eigenvalue weighted by atomic mass is 10.1. The summed E-state index contributed by atoms with van der Waals surface area (Å²) in [5.41, 5.74) is 7.61. The van der Waals surface area contributed by atoms with Gasteiger partial charge in [0.25, 0.3) is 5.69 Å². The lowest BCUT2D eigenvalue weighted by Gasteiger charge is -2.05. The van der Waals surface area contributed by atoms with Crippen LogP contribution < -0.4 is 5.73 Å². The molecule has 1 aromatic heterocycles. The number of hydrogen-bond donors (Lipinski definition) is 1. The second-order valence-electron chi connectivity index (χ2n) is 4.37. The molecule has 0 aliphatic heterocycles. The summed E-state index contributed by atoms with van der Waals surface area (Å²) in [5.74, 6) is 0. The Labute approximate surface area is 111 Å². The standard InChI is InChI=1S/C13H16N4O2/c1-2-12(14)11-7-15-16(9-11)8-10-5-3-4-6-13(10)17(18)19/h3-7,9,12H,2,8,14H2,1H3. The first-order valence-electron chi connectivity index (χ1n) is 6.12. The van der Waals surface area contributed by atoms with E-state index in [1.165, 1.54) is 6.07 Å². The highest BCUT2D eigenvalue weighted by Crippen LogP contribution is 2.19. The monoisotopic (exact) mass is 260 g/mol. The van der Waals surface area contributed by atoms with Crippen molar-refractivity contribution in [2.24, 2.45) is 5.73 Å². The third-order valence-corrected chi connectivity index (χ3v) is 3.04. The highest BCUT2D eigenvalue weighted by atomic mass is 16.6. The zero-order valence-electron chi connectivity index (χ0n) is 10.7. The van der Waals surface area contributed by atoms with E-state index in [1.807, 2.05) is 13.1 Å².